The number of imidazole rings is 1. The van der Waals surface area contributed by atoms with Crippen LogP contribution < -0.4 is 20.3 Å². The Morgan fingerprint density at radius 2 is 2.19 bits per heavy atom. The maximum atomic E-state index is 6.21. The number of anilines is 1. The van der Waals surface area contributed by atoms with Gasteiger partial charge in [0.1, 0.15) is 18.1 Å². The van der Waals surface area contributed by atoms with E-state index >= 15 is 0 Å². The molecule has 7 nitrogen and oxygen atoms in total. The van der Waals surface area contributed by atoms with Crippen molar-refractivity contribution in [2.45, 2.75) is 46.3 Å². The summed E-state index contributed by atoms with van der Waals surface area (Å²) in [6.07, 6.45) is 4.89. The van der Waals surface area contributed by atoms with Crippen molar-refractivity contribution in [1.29, 1.82) is 0 Å². The molecule has 0 bridgehead atoms. The van der Waals surface area contributed by atoms with Crippen LogP contribution in [0.4, 0.5) is 5.69 Å². The summed E-state index contributed by atoms with van der Waals surface area (Å²) in [5.74, 6) is 3.22. The number of benzene rings is 1. The predicted octanol–water partition coefficient (Wildman–Crippen LogP) is 4.15. The average Bonchev–Trinajstić information content (AvgIpc) is 3.35. The first-order valence-corrected chi connectivity index (χ1v) is 11.0. The molecule has 31 heavy (non-hydrogen) atoms. The number of halogens is 2. The quantitative estimate of drug-likeness (QED) is 0.288. The Labute approximate surface area is 207 Å². The average molecular weight is 561 g/mol. The van der Waals surface area contributed by atoms with Gasteiger partial charge in [0.15, 0.2) is 5.96 Å². The second kappa shape index (κ2) is 12.4. The Bertz CT molecular complexity index is 856. The maximum Gasteiger partial charge on any atom is 0.191 e. The Balaban J connectivity index is 0.00000341. The molecule has 2 heterocycles. The first kappa shape index (κ1) is 25.6. The van der Waals surface area contributed by atoms with Gasteiger partial charge < -0.3 is 24.8 Å². The fourth-order valence-electron chi connectivity index (χ4n) is 3.72. The molecule has 9 heteroatoms. The molecule has 0 spiro atoms. The minimum atomic E-state index is 0. The molecule has 1 aliphatic heterocycles. The van der Waals surface area contributed by atoms with E-state index in [2.05, 4.69) is 45.9 Å². The Hall–Kier alpha value is -1.68. The Morgan fingerprint density at radius 1 is 1.39 bits per heavy atom. The number of aliphatic imine (C=N–C) groups is 1. The van der Waals surface area contributed by atoms with Crippen LogP contribution in [0.15, 0.2) is 35.6 Å². The van der Waals surface area contributed by atoms with Gasteiger partial charge >= 0.3 is 0 Å². The third kappa shape index (κ3) is 7.17. The number of hydrogen-bond acceptors (Lipinski definition) is 4. The van der Waals surface area contributed by atoms with E-state index in [1.165, 1.54) is 0 Å². The lowest BCUT2D eigenvalue weighted by Crippen LogP contribution is -2.44. The first-order chi connectivity index (χ1) is 14.5. The summed E-state index contributed by atoms with van der Waals surface area (Å²) < 4.78 is 7.70. The van der Waals surface area contributed by atoms with E-state index in [4.69, 9.17) is 21.3 Å². The molecule has 2 aromatic rings. The summed E-state index contributed by atoms with van der Waals surface area (Å²) in [6.45, 7) is 10.6. The van der Waals surface area contributed by atoms with Crippen molar-refractivity contribution in [2.75, 3.05) is 31.6 Å². The zero-order valence-electron chi connectivity index (χ0n) is 18.8. The number of nitrogens with one attached hydrogen (secondary N) is 2. The monoisotopic (exact) mass is 560 g/mol. The lowest BCUT2D eigenvalue weighted by Gasteiger charge is -2.22. The maximum absolute atomic E-state index is 6.21. The van der Waals surface area contributed by atoms with Crippen LogP contribution in [0.2, 0.25) is 5.02 Å². The van der Waals surface area contributed by atoms with Crippen LogP contribution in [-0.2, 0) is 13.1 Å². The molecular weight excluding hydrogens is 527 g/mol. The van der Waals surface area contributed by atoms with Crippen molar-refractivity contribution in [3.05, 3.63) is 41.4 Å². The summed E-state index contributed by atoms with van der Waals surface area (Å²) in [6, 6.07) is 6.04. The molecule has 1 saturated heterocycles. The van der Waals surface area contributed by atoms with E-state index < -0.39 is 0 Å². The van der Waals surface area contributed by atoms with Crippen molar-refractivity contribution < 1.29 is 4.74 Å². The number of nitrogens with zero attached hydrogens (tertiary/aromatic N) is 4. The summed E-state index contributed by atoms with van der Waals surface area (Å²) in [4.78, 5) is 11.6. The van der Waals surface area contributed by atoms with Crippen molar-refractivity contribution in [3.63, 3.8) is 0 Å². The van der Waals surface area contributed by atoms with Gasteiger partial charge in [0.25, 0.3) is 0 Å². The van der Waals surface area contributed by atoms with Gasteiger partial charge in [-0.05, 0) is 37.5 Å². The summed E-state index contributed by atoms with van der Waals surface area (Å²) in [5.41, 5.74) is 1.03. The third-order valence-corrected chi connectivity index (χ3v) is 5.33. The van der Waals surface area contributed by atoms with E-state index in [0.717, 1.165) is 55.8 Å². The van der Waals surface area contributed by atoms with Gasteiger partial charge in [0.05, 0.1) is 12.8 Å². The van der Waals surface area contributed by atoms with Crippen LogP contribution in [-0.4, -0.2) is 48.3 Å². The smallest absolute Gasteiger partial charge is 0.191 e. The van der Waals surface area contributed by atoms with Crippen LogP contribution in [0.1, 0.15) is 33.0 Å². The standard InChI is InChI=1S/C22H33ClN6O.HI/c1-5-24-22(26-13-21-25-9-11-29(21)14-16(2)3)27-18-8-10-28(15-18)19-12-17(23)6-7-20(19)30-4;/h6-7,9,11-12,16,18H,5,8,10,13-15H2,1-4H3,(H2,24,26,27);1H. The van der Waals surface area contributed by atoms with Crippen LogP contribution in [0.5, 0.6) is 5.75 Å². The number of aromatic nitrogens is 2. The highest BCUT2D eigenvalue weighted by molar-refractivity contribution is 14.0. The molecule has 1 aromatic heterocycles. The second-order valence-corrected chi connectivity index (χ2v) is 8.41. The Kier molecular flexibility index (Phi) is 10.2. The lowest BCUT2D eigenvalue weighted by molar-refractivity contribution is 0.415. The molecule has 1 atom stereocenters. The van der Waals surface area contributed by atoms with Gasteiger partial charge in [0, 0.05) is 49.6 Å². The molecule has 3 rings (SSSR count). The lowest BCUT2D eigenvalue weighted by atomic mass is 10.2. The van der Waals surface area contributed by atoms with Gasteiger partial charge in [-0.2, -0.15) is 0 Å². The molecule has 1 fully saturated rings. The van der Waals surface area contributed by atoms with Crippen LogP contribution >= 0.6 is 35.6 Å². The highest BCUT2D eigenvalue weighted by Gasteiger charge is 2.25. The minimum absolute atomic E-state index is 0. The van der Waals surface area contributed by atoms with Gasteiger partial charge in [0.2, 0.25) is 0 Å². The van der Waals surface area contributed by atoms with Crippen molar-refractivity contribution in [1.82, 2.24) is 20.2 Å². The van der Waals surface area contributed by atoms with Crippen LogP contribution in [0.3, 0.4) is 0 Å². The molecule has 1 aliphatic rings. The number of hydrogen-bond donors (Lipinski definition) is 2. The van der Waals surface area contributed by atoms with Crippen molar-refractivity contribution >= 4 is 47.2 Å². The van der Waals surface area contributed by atoms with E-state index in [1.54, 1.807) is 7.11 Å². The summed E-state index contributed by atoms with van der Waals surface area (Å²) >= 11 is 6.21. The fourth-order valence-corrected chi connectivity index (χ4v) is 3.89. The minimum Gasteiger partial charge on any atom is -0.495 e. The Morgan fingerprint density at radius 3 is 2.90 bits per heavy atom. The summed E-state index contributed by atoms with van der Waals surface area (Å²) in [7, 11) is 1.69. The zero-order chi connectivity index (χ0) is 21.5. The highest BCUT2D eigenvalue weighted by Crippen LogP contribution is 2.33. The molecule has 1 unspecified atom stereocenters. The third-order valence-electron chi connectivity index (χ3n) is 5.10. The van der Waals surface area contributed by atoms with Crippen molar-refractivity contribution in [2.24, 2.45) is 10.9 Å². The van der Waals surface area contributed by atoms with Gasteiger partial charge in [-0.3, -0.25) is 0 Å². The number of guanidine groups is 1. The van der Waals surface area contributed by atoms with Gasteiger partial charge in [-0.25, -0.2) is 9.98 Å². The molecule has 0 radical (unpaired) electrons. The van der Waals surface area contributed by atoms with Crippen LogP contribution in [0.25, 0.3) is 0 Å². The van der Waals surface area contributed by atoms with Crippen LogP contribution in [0, 0.1) is 5.92 Å². The van der Waals surface area contributed by atoms with E-state index in [9.17, 15) is 0 Å². The van der Waals surface area contributed by atoms with Crippen molar-refractivity contribution in [3.8, 4) is 5.75 Å². The predicted molar refractivity (Wildman–Crippen MR) is 139 cm³/mol. The molecular formula is C22H34ClIN6O. The fraction of sp³-hybridized carbons (Fsp3) is 0.545. The molecule has 0 aliphatic carbocycles. The number of rotatable bonds is 8. The topological polar surface area (TPSA) is 66.7 Å². The zero-order valence-corrected chi connectivity index (χ0v) is 21.9. The number of methoxy groups -OCH3 is 1. The molecule has 2 N–H and O–H groups in total. The largest absolute Gasteiger partial charge is 0.495 e. The highest BCUT2D eigenvalue weighted by atomic mass is 127. The first-order valence-electron chi connectivity index (χ1n) is 10.6. The van der Waals surface area contributed by atoms with Gasteiger partial charge in [-0.1, -0.05) is 25.4 Å². The number of ether oxygens (including phenoxy) is 1. The SMILES string of the molecule is CCNC(=NCc1nccn1CC(C)C)NC1CCN(c2cc(Cl)ccc2OC)C1.I. The molecule has 0 saturated carbocycles. The normalized spacial score (nSPS) is 16.4. The molecule has 172 valence electrons. The van der Waals surface area contributed by atoms with Gasteiger partial charge in [-0.15, -0.1) is 24.0 Å². The van der Waals surface area contributed by atoms with E-state index in [-0.39, 0.29) is 24.0 Å². The van der Waals surface area contributed by atoms with E-state index in [1.807, 2.05) is 30.6 Å². The molecule has 0 amide bonds. The van der Waals surface area contributed by atoms with E-state index in [0.29, 0.717) is 23.5 Å². The summed E-state index contributed by atoms with van der Waals surface area (Å²) in [5, 5.41) is 7.65. The second-order valence-electron chi connectivity index (χ2n) is 7.98. The molecule has 1 aromatic carbocycles.